The maximum Gasteiger partial charge on any atom is 0.422 e. The first-order valence-corrected chi connectivity index (χ1v) is 11.8. The van der Waals surface area contributed by atoms with E-state index in [0.717, 1.165) is 9.87 Å². The maximum atomic E-state index is 12.8. The lowest BCUT2D eigenvalue weighted by molar-refractivity contribution is -0.143. The Morgan fingerprint density at radius 3 is 2.18 bits per heavy atom. The highest BCUT2D eigenvalue weighted by Crippen LogP contribution is 2.17. The number of carbonyl (C=O) groups excluding carboxylic acids is 2. The molecule has 0 aromatic heterocycles. The highest BCUT2D eigenvalue weighted by atomic mass is 32.2. The van der Waals surface area contributed by atoms with E-state index in [4.69, 9.17) is 14.2 Å². The van der Waals surface area contributed by atoms with Crippen LogP contribution in [0.4, 0.5) is 4.79 Å². The third-order valence-electron chi connectivity index (χ3n) is 4.09. The number of rotatable bonds is 10. The van der Waals surface area contributed by atoms with E-state index in [1.54, 1.807) is 52.0 Å². The van der Waals surface area contributed by atoms with E-state index < -0.39 is 34.4 Å². The second kappa shape index (κ2) is 11.7. The minimum Gasteiger partial charge on any atom is -0.489 e. The Balaban J connectivity index is 2.10. The van der Waals surface area contributed by atoms with E-state index in [0.29, 0.717) is 17.9 Å². The number of amides is 1. The standard InChI is InChI=1S/C23H30N2O7S/c1-5-30-21(26)16-25(33(28,29)24-22(27)32-23(2,3)4)15-18-11-13-20(14-12-18)31-17-19-9-7-6-8-10-19/h6-14H,5,15-17H2,1-4H3,(H,24,27). The summed E-state index contributed by atoms with van der Waals surface area (Å²) in [6, 6.07) is 16.4. The van der Waals surface area contributed by atoms with Crippen LogP contribution >= 0.6 is 0 Å². The smallest absolute Gasteiger partial charge is 0.422 e. The summed E-state index contributed by atoms with van der Waals surface area (Å²) < 4.78 is 43.8. The first kappa shape index (κ1) is 26.1. The first-order valence-electron chi connectivity index (χ1n) is 10.4. The lowest BCUT2D eigenvalue weighted by Crippen LogP contribution is -2.46. The summed E-state index contributed by atoms with van der Waals surface area (Å²) in [5.74, 6) is -0.135. The normalized spacial score (nSPS) is 11.7. The molecule has 0 saturated heterocycles. The summed E-state index contributed by atoms with van der Waals surface area (Å²) in [4.78, 5) is 24.0. The van der Waals surface area contributed by atoms with E-state index in [1.165, 1.54) is 0 Å². The fourth-order valence-electron chi connectivity index (χ4n) is 2.68. The van der Waals surface area contributed by atoms with Crippen LogP contribution in [0.1, 0.15) is 38.8 Å². The molecule has 0 saturated carbocycles. The van der Waals surface area contributed by atoms with Gasteiger partial charge in [0.15, 0.2) is 0 Å². The van der Waals surface area contributed by atoms with Gasteiger partial charge in [-0.25, -0.2) is 9.52 Å². The van der Waals surface area contributed by atoms with Gasteiger partial charge in [0.2, 0.25) is 0 Å². The van der Waals surface area contributed by atoms with E-state index >= 15 is 0 Å². The molecule has 2 rings (SSSR count). The number of hydrogen-bond donors (Lipinski definition) is 1. The SMILES string of the molecule is CCOC(=O)CN(Cc1ccc(OCc2ccccc2)cc1)S(=O)(=O)NC(=O)OC(C)(C)C. The van der Waals surface area contributed by atoms with Crippen LogP contribution in [-0.4, -0.2) is 43.5 Å². The molecule has 180 valence electrons. The molecular weight excluding hydrogens is 448 g/mol. The van der Waals surface area contributed by atoms with Gasteiger partial charge < -0.3 is 14.2 Å². The van der Waals surface area contributed by atoms with E-state index in [-0.39, 0.29) is 13.2 Å². The van der Waals surface area contributed by atoms with Crippen molar-refractivity contribution in [2.24, 2.45) is 0 Å². The Bertz CT molecular complexity index is 1020. The fraction of sp³-hybridized carbons (Fsp3) is 0.391. The number of nitrogens with one attached hydrogen (secondary N) is 1. The number of benzene rings is 2. The lowest BCUT2D eigenvalue weighted by Gasteiger charge is -2.24. The number of carbonyl (C=O) groups is 2. The Hall–Kier alpha value is -3.11. The Kier molecular flexibility index (Phi) is 9.24. The minimum atomic E-state index is -4.39. The van der Waals surface area contributed by atoms with E-state index in [2.05, 4.69) is 0 Å². The lowest BCUT2D eigenvalue weighted by atomic mass is 10.2. The monoisotopic (exact) mass is 478 g/mol. The molecule has 10 heteroatoms. The molecule has 0 aliphatic rings. The zero-order valence-electron chi connectivity index (χ0n) is 19.2. The molecule has 0 aliphatic carbocycles. The van der Waals surface area contributed by atoms with Crippen molar-refractivity contribution < 1.29 is 32.2 Å². The van der Waals surface area contributed by atoms with Gasteiger partial charge in [-0.3, -0.25) is 4.79 Å². The van der Waals surface area contributed by atoms with Crippen LogP contribution in [0.3, 0.4) is 0 Å². The van der Waals surface area contributed by atoms with Crippen LogP contribution in [0.5, 0.6) is 5.75 Å². The predicted octanol–water partition coefficient (Wildman–Crippen LogP) is 3.40. The summed E-state index contributed by atoms with van der Waals surface area (Å²) in [5, 5.41) is 0. The predicted molar refractivity (Wildman–Crippen MR) is 123 cm³/mol. The van der Waals surface area contributed by atoms with Gasteiger partial charge >= 0.3 is 22.3 Å². The van der Waals surface area contributed by atoms with Crippen molar-refractivity contribution in [2.75, 3.05) is 13.2 Å². The number of hydrogen-bond acceptors (Lipinski definition) is 7. The molecule has 2 aromatic carbocycles. The van der Waals surface area contributed by atoms with Gasteiger partial charge in [-0.05, 0) is 51.0 Å². The molecule has 33 heavy (non-hydrogen) atoms. The van der Waals surface area contributed by atoms with Crippen LogP contribution in [-0.2, 0) is 37.6 Å². The molecule has 9 nitrogen and oxygen atoms in total. The molecule has 0 atom stereocenters. The van der Waals surface area contributed by atoms with Gasteiger partial charge in [0.1, 0.15) is 24.5 Å². The van der Waals surface area contributed by atoms with E-state index in [1.807, 2.05) is 35.1 Å². The Labute approximate surface area is 194 Å². The van der Waals surface area contributed by atoms with E-state index in [9.17, 15) is 18.0 Å². The van der Waals surface area contributed by atoms with Crippen molar-refractivity contribution in [2.45, 2.75) is 46.4 Å². The highest BCUT2D eigenvalue weighted by molar-refractivity contribution is 7.87. The second-order valence-corrected chi connectivity index (χ2v) is 9.77. The number of esters is 1. The molecule has 0 unspecified atom stereocenters. The summed E-state index contributed by atoms with van der Waals surface area (Å²) >= 11 is 0. The summed E-state index contributed by atoms with van der Waals surface area (Å²) in [7, 11) is -4.39. The Morgan fingerprint density at radius 2 is 1.61 bits per heavy atom. The summed E-state index contributed by atoms with van der Waals surface area (Å²) in [6.07, 6.45) is -1.14. The van der Waals surface area contributed by atoms with Gasteiger partial charge in [-0.15, -0.1) is 0 Å². The maximum absolute atomic E-state index is 12.8. The van der Waals surface area contributed by atoms with Crippen molar-refractivity contribution in [1.29, 1.82) is 0 Å². The average molecular weight is 479 g/mol. The first-order chi connectivity index (χ1) is 15.5. The third kappa shape index (κ3) is 9.50. The molecule has 0 spiro atoms. The molecule has 0 bridgehead atoms. The molecule has 1 N–H and O–H groups in total. The van der Waals surface area contributed by atoms with Gasteiger partial charge in [0, 0.05) is 6.54 Å². The molecular formula is C23H30N2O7S. The molecule has 0 aliphatic heterocycles. The van der Waals surface area contributed by atoms with Crippen molar-refractivity contribution in [3.05, 3.63) is 65.7 Å². The van der Waals surface area contributed by atoms with Crippen LogP contribution in [0.15, 0.2) is 54.6 Å². The molecule has 0 radical (unpaired) electrons. The van der Waals surface area contributed by atoms with Crippen molar-refractivity contribution >= 4 is 22.3 Å². The van der Waals surface area contributed by atoms with Crippen molar-refractivity contribution in [1.82, 2.24) is 9.03 Å². The fourth-order valence-corrected chi connectivity index (χ4v) is 3.66. The topological polar surface area (TPSA) is 111 Å². The zero-order chi connectivity index (χ0) is 24.5. The molecule has 2 aromatic rings. The van der Waals surface area contributed by atoms with Crippen molar-refractivity contribution in [3.63, 3.8) is 0 Å². The van der Waals surface area contributed by atoms with Crippen molar-refractivity contribution in [3.8, 4) is 5.75 Å². The Morgan fingerprint density at radius 1 is 0.970 bits per heavy atom. The summed E-state index contributed by atoms with van der Waals surface area (Å²) in [5.41, 5.74) is 0.712. The largest absolute Gasteiger partial charge is 0.489 e. The molecule has 1 amide bonds. The average Bonchev–Trinajstić information content (AvgIpc) is 2.72. The molecule has 0 heterocycles. The third-order valence-corrected chi connectivity index (χ3v) is 5.46. The quantitative estimate of drug-likeness (QED) is 0.521. The van der Waals surface area contributed by atoms with Crippen LogP contribution in [0, 0.1) is 0 Å². The van der Waals surface area contributed by atoms with Gasteiger partial charge in [-0.2, -0.15) is 12.7 Å². The van der Waals surface area contributed by atoms with Gasteiger partial charge in [0.05, 0.1) is 6.61 Å². The van der Waals surface area contributed by atoms with Crippen LogP contribution in [0.2, 0.25) is 0 Å². The molecule has 0 fully saturated rings. The van der Waals surface area contributed by atoms with Gasteiger partial charge in [-0.1, -0.05) is 42.5 Å². The zero-order valence-corrected chi connectivity index (χ0v) is 20.1. The number of ether oxygens (including phenoxy) is 3. The highest BCUT2D eigenvalue weighted by Gasteiger charge is 2.29. The number of nitrogens with zero attached hydrogens (tertiary/aromatic N) is 1. The van der Waals surface area contributed by atoms with Gasteiger partial charge in [0.25, 0.3) is 0 Å². The van der Waals surface area contributed by atoms with Crippen LogP contribution < -0.4 is 9.46 Å². The summed E-state index contributed by atoms with van der Waals surface area (Å²) in [6.45, 7) is 6.19. The second-order valence-electron chi connectivity index (χ2n) is 8.10. The minimum absolute atomic E-state index is 0.0969. The van der Waals surface area contributed by atoms with Crippen LogP contribution in [0.25, 0.3) is 0 Å².